The number of ketones is 1. The zero-order valence-corrected chi connectivity index (χ0v) is 24.9. The molecular formula is C31H39N5O6. The fourth-order valence-electron chi connectivity index (χ4n) is 5.17. The summed E-state index contributed by atoms with van der Waals surface area (Å²) in [6.45, 7) is 7.08. The lowest BCUT2D eigenvalue weighted by Crippen LogP contribution is -2.64. The third-order valence-electron chi connectivity index (χ3n) is 7.74. The number of hydrogen-bond acceptors (Lipinski definition) is 6. The number of carboxylic acid groups (broad SMARTS) is 1. The summed E-state index contributed by atoms with van der Waals surface area (Å²) in [4.78, 5) is 57.3. The largest absolute Gasteiger partial charge is 0.495 e. The zero-order chi connectivity index (χ0) is 31.1. The maximum absolute atomic E-state index is 13.6. The molecule has 0 saturated heterocycles. The third kappa shape index (κ3) is 6.29. The molecule has 0 spiro atoms. The number of methoxy groups -OCH3 is 1. The number of ether oxygens (including phenoxy) is 1. The highest BCUT2D eigenvalue weighted by atomic mass is 16.5. The monoisotopic (exact) mass is 577 g/mol. The minimum absolute atomic E-state index is 0.153. The van der Waals surface area contributed by atoms with Crippen molar-refractivity contribution >= 4 is 41.4 Å². The van der Waals surface area contributed by atoms with Gasteiger partial charge in [-0.1, -0.05) is 38.1 Å². The number of aliphatic imine (C=N–C) groups is 1. The quantitative estimate of drug-likeness (QED) is 0.275. The lowest BCUT2D eigenvalue weighted by atomic mass is 9.67. The standard InChI is InChI=1S/C31H39N5O6/c1-7-26(37)31(16-11-17-32-31)30(8-2,35-29(41)36(5)21(4)18-27(38)39)22-14-15-24(25(19-22)42-6)34-28(40)33-23-13-10-9-12-20(23)3/h9-17,19,21H,7-8,18H2,1-6H3,(H,35,41)(H,38,39)(H2,33,34,40). The van der Waals surface area contributed by atoms with Gasteiger partial charge >= 0.3 is 18.0 Å². The Labute approximate surface area is 246 Å². The molecule has 3 atom stereocenters. The molecule has 3 rings (SSSR count). The first kappa shape index (κ1) is 31.9. The molecule has 0 aliphatic carbocycles. The summed E-state index contributed by atoms with van der Waals surface area (Å²) >= 11 is 0. The second-order valence-electron chi connectivity index (χ2n) is 10.2. The van der Waals surface area contributed by atoms with Crippen LogP contribution in [0.3, 0.4) is 0 Å². The lowest BCUT2D eigenvalue weighted by molar-refractivity contribution is -0.137. The first-order chi connectivity index (χ1) is 19.9. The first-order valence-corrected chi connectivity index (χ1v) is 13.8. The second-order valence-corrected chi connectivity index (χ2v) is 10.2. The highest BCUT2D eigenvalue weighted by molar-refractivity contribution is 6.01. The Hall–Kier alpha value is -4.67. The van der Waals surface area contributed by atoms with Gasteiger partial charge in [-0.15, -0.1) is 0 Å². The van der Waals surface area contributed by atoms with Crippen molar-refractivity contribution in [2.24, 2.45) is 4.99 Å². The van der Waals surface area contributed by atoms with Crippen LogP contribution in [0.2, 0.25) is 0 Å². The number of nitrogens with zero attached hydrogens (tertiary/aromatic N) is 2. The van der Waals surface area contributed by atoms with Crippen LogP contribution in [0.25, 0.3) is 0 Å². The number of benzene rings is 2. The number of carboxylic acids is 1. The molecule has 4 N–H and O–H groups in total. The Bertz CT molecular complexity index is 1390. The summed E-state index contributed by atoms with van der Waals surface area (Å²) in [5.74, 6) is -0.948. The van der Waals surface area contributed by atoms with Crippen molar-refractivity contribution < 1.29 is 29.0 Å². The van der Waals surface area contributed by atoms with E-state index in [2.05, 4.69) is 20.9 Å². The molecule has 0 fully saturated rings. The van der Waals surface area contributed by atoms with Crippen molar-refractivity contribution in [1.29, 1.82) is 0 Å². The van der Waals surface area contributed by atoms with Gasteiger partial charge in [0.05, 0.1) is 19.2 Å². The van der Waals surface area contributed by atoms with Crippen LogP contribution < -0.4 is 20.7 Å². The molecule has 0 saturated carbocycles. The van der Waals surface area contributed by atoms with Crippen molar-refractivity contribution in [1.82, 2.24) is 10.2 Å². The average molecular weight is 578 g/mol. The summed E-state index contributed by atoms with van der Waals surface area (Å²) in [5.41, 5.74) is -0.400. The highest BCUT2D eigenvalue weighted by Gasteiger charge is 2.56. The number of aliphatic carboxylic acids is 1. The SMILES string of the molecule is CCC(=O)C1(C(CC)(NC(=O)N(C)C(C)CC(=O)O)c2ccc(NC(=O)Nc3ccccc3C)c(OC)c2)C=CC=N1. The number of carbonyl (C=O) groups is 4. The fraction of sp³-hybridized carbons (Fsp3) is 0.387. The van der Waals surface area contributed by atoms with E-state index >= 15 is 0 Å². The van der Waals surface area contributed by atoms with E-state index in [4.69, 9.17) is 4.74 Å². The predicted octanol–water partition coefficient (Wildman–Crippen LogP) is 5.12. The molecule has 2 aromatic rings. The van der Waals surface area contributed by atoms with Gasteiger partial charge in [0.1, 0.15) is 11.3 Å². The van der Waals surface area contributed by atoms with E-state index in [1.54, 1.807) is 50.3 Å². The van der Waals surface area contributed by atoms with Gasteiger partial charge < -0.3 is 30.7 Å². The first-order valence-electron chi connectivity index (χ1n) is 13.8. The molecule has 224 valence electrons. The van der Waals surface area contributed by atoms with E-state index in [1.807, 2.05) is 32.0 Å². The molecule has 11 nitrogen and oxygen atoms in total. The van der Waals surface area contributed by atoms with Crippen molar-refractivity contribution in [3.63, 3.8) is 0 Å². The molecule has 3 unspecified atom stereocenters. The van der Waals surface area contributed by atoms with E-state index in [0.717, 1.165) is 5.56 Å². The van der Waals surface area contributed by atoms with Crippen LogP contribution in [-0.2, 0) is 15.1 Å². The van der Waals surface area contributed by atoms with Gasteiger partial charge in [-0.3, -0.25) is 14.6 Å². The zero-order valence-electron chi connectivity index (χ0n) is 24.9. The number of Topliss-reactive ketones (excluding diaryl/α,β-unsaturated/α-hetero) is 1. The summed E-state index contributed by atoms with van der Waals surface area (Å²) in [6.07, 6.45) is 5.03. The average Bonchev–Trinajstić information content (AvgIpc) is 3.47. The van der Waals surface area contributed by atoms with Crippen LogP contribution >= 0.6 is 0 Å². The summed E-state index contributed by atoms with van der Waals surface area (Å²) < 4.78 is 5.65. The number of aryl methyl sites for hydroxylation is 1. The van der Waals surface area contributed by atoms with Crippen LogP contribution in [-0.4, -0.2) is 65.8 Å². The van der Waals surface area contributed by atoms with E-state index in [-0.39, 0.29) is 25.0 Å². The molecular weight excluding hydrogens is 538 g/mol. The minimum Gasteiger partial charge on any atom is -0.495 e. The topological polar surface area (TPSA) is 149 Å². The normalized spacial score (nSPS) is 17.6. The number of hydrogen-bond donors (Lipinski definition) is 4. The number of anilines is 2. The number of para-hydroxylation sites is 1. The maximum Gasteiger partial charge on any atom is 0.323 e. The Morgan fingerprint density at radius 1 is 1.10 bits per heavy atom. The van der Waals surface area contributed by atoms with Crippen molar-refractivity contribution in [2.75, 3.05) is 24.8 Å². The van der Waals surface area contributed by atoms with Gasteiger partial charge in [-0.05, 0) is 61.7 Å². The van der Waals surface area contributed by atoms with E-state index < -0.39 is 35.2 Å². The lowest BCUT2D eigenvalue weighted by Gasteiger charge is -2.46. The summed E-state index contributed by atoms with van der Waals surface area (Å²) in [7, 11) is 2.96. The summed E-state index contributed by atoms with van der Waals surface area (Å²) in [5, 5.41) is 17.9. The number of carbonyl (C=O) groups excluding carboxylic acids is 3. The second kappa shape index (κ2) is 13.3. The molecule has 1 aliphatic rings. The molecule has 1 aliphatic heterocycles. The predicted molar refractivity (Wildman–Crippen MR) is 162 cm³/mol. The molecule has 2 aromatic carbocycles. The highest BCUT2D eigenvalue weighted by Crippen LogP contribution is 2.45. The Morgan fingerprint density at radius 2 is 1.79 bits per heavy atom. The molecule has 0 aromatic heterocycles. The van der Waals surface area contributed by atoms with Gasteiger partial charge in [0.25, 0.3) is 0 Å². The molecule has 0 radical (unpaired) electrons. The number of urea groups is 2. The van der Waals surface area contributed by atoms with Gasteiger partial charge in [-0.2, -0.15) is 0 Å². The van der Waals surface area contributed by atoms with Crippen LogP contribution in [0.4, 0.5) is 21.0 Å². The van der Waals surface area contributed by atoms with Gasteiger partial charge in [0.15, 0.2) is 11.3 Å². The van der Waals surface area contributed by atoms with Gasteiger partial charge in [0, 0.05) is 31.4 Å². The van der Waals surface area contributed by atoms with E-state index in [1.165, 1.54) is 25.3 Å². The maximum atomic E-state index is 13.6. The summed E-state index contributed by atoms with van der Waals surface area (Å²) in [6, 6.07) is 10.7. The van der Waals surface area contributed by atoms with Crippen LogP contribution in [0.15, 0.2) is 59.6 Å². The smallest absolute Gasteiger partial charge is 0.323 e. The van der Waals surface area contributed by atoms with Gasteiger partial charge in [-0.25, -0.2) is 9.59 Å². The van der Waals surface area contributed by atoms with Crippen LogP contribution in [0.1, 0.15) is 51.2 Å². The third-order valence-corrected chi connectivity index (χ3v) is 7.74. The molecule has 42 heavy (non-hydrogen) atoms. The molecule has 4 amide bonds. The fourth-order valence-corrected chi connectivity index (χ4v) is 5.17. The van der Waals surface area contributed by atoms with E-state index in [0.29, 0.717) is 22.7 Å². The number of rotatable bonds is 12. The molecule has 1 heterocycles. The Morgan fingerprint density at radius 3 is 2.36 bits per heavy atom. The van der Waals surface area contributed by atoms with Crippen LogP contribution in [0, 0.1) is 6.92 Å². The minimum atomic E-state index is -1.47. The Kier molecular flexibility index (Phi) is 10.1. The van der Waals surface area contributed by atoms with Crippen molar-refractivity contribution in [3.05, 3.63) is 65.7 Å². The van der Waals surface area contributed by atoms with E-state index in [9.17, 15) is 24.3 Å². The van der Waals surface area contributed by atoms with Crippen molar-refractivity contribution in [3.8, 4) is 5.75 Å². The molecule has 11 heteroatoms. The molecule has 0 bridgehead atoms. The van der Waals surface area contributed by atoms with Gasteiger partial charge in [0.2, 0.25) is 0 Å². The number of allylic oxidation sites excluding steroid dienone is 1. The Balaban J connectivity index is 2.07. The van der Waals surface area contributed by atoms with Crippen molar-refractivity contribution in [2.45, 2.75) is 64.1 Å². The van der Waals surface area contributed by atoms with Crippen LogP contribution in [0.5, 0.6) is 5.75 Å². The number of amides is 4. The number of nitrogens with one attached hydrogen (secondary N) is 3.